The van der Waals surface area contributed by atoms with E-state index in [0.29, 0.717) is 0 Å². The second-order valence-electron chi connectivity index (χ2n) is 9.33. The highest BCUT2D eigenvalue weighted by Gasteiger charge is 2.15. The van der Waals surface area contributed by atoms with Gasteiger partial charge in [-0.15, -0.1) is 0 Å². The Bertz CT molecular complexity index is 2100. The molecule has 0 bridgehead atoms. The predicted octanol–water partition coefficient (Wildman–Crippen LogP) is 9.87. The second kappa shape index (κ2) is 6.94. The minimum absolute atomic E-state index is 0.939. The normalized spacial score (nSPS) is 12.0. The molecule has 35 heavy (non-hydrogen) atoms. The minimum atomic E-state index is 0.939. The number of rotatable bonds is 1. The summed E-state index contributed by atoms with van der Waals surface area (Å²) in [5, 5.41) is 12.4. The highest BCUT2D eigenvalue weighted by Crippen LogP contribution is 2.42. The van der Waals surface area contributed by atoms with Gasteiger partial charge in [-0.25, -0.2) is 0 Å². The van der Waals surface area contributed by atoms with Gasteiger partial charge in [0.1, 0.15) is 11.2 Å². The van der Waals surface area contributed by atoms with Crippen molar-refractivity contribution in [1.82, 2.24) is 0 Å². The fourth-order valence-corrected chi connectivity index (χ4v) is 5.80. The van der Waals surface area contributed by atoms with Crippen molar-refractivity contribution in [3.8, 4) is 11.1 Å². The molecule has 7 aromatic carbocycles. The van der Waals surface area contributed by atoms with Crippen molar-refractivity contribution < 1.29 is 4.42 Å². The molecule has 0 aliphatic rings. The molecule has 0 amide bonds. The lowest BCUT2D eigenvalue weighted by atomic mass is 9.91. The molecule has 0 radical (unpaired) electrons. The van der Waals surface area contributed by atoms with Gasteiger partial charge in [0.15, 0.2) is 0 Å². The molecule has 0 spiro atoms. The number of hydrogen-bond acceptors (Lipinski definition) is 1. The van der Waals surface area contributed by atoms with Gasteiger partial charge in [-0.1, -0.05) is 97.1 Å². The van der Waals surface area contributed by atoms with Gasteiger partial charge in [-0.2, -0.15) is 0 Å². The Morgan fingerprint density at radius 1 is 0.343 bits per heavy atom. The van der Waals surface area contributed by atoms with E-state index in [2.05, 4.69) is 121 Å². The summed E-state index contributed by atoms with van der Waals surface area (Å²) in [6.45, 7) is 0. The van der Waals surface area contributed by atoms with Gasteiger partial charge in [-0.05, 0) is 78.5 Å². The van der Waals surface area contributed by atoms with E-state index in [4.69, 9.17) is 4.42 Å². The van der Waals surface area contributed by atoms with Crippen molar-refractivity contribution in [1.29, 1.82) is 0 Å². The maximum Gasteiger partial charge on any atom is 0.136 e. The number of benzene rings is 7. The van der Waals surface area contributed by atoms with E-state index in [0.717, 1.165) is 11.2 Å². The van der Waals surface area contributed by atoms with Gasteiger partial charge >= 0.3 is 0 Å². The van der Waals surface area contributed by atoms with Gasteiger partial charge < -0.3 is 4.42 Å². The highest BCUT2D eigenvalue weighted by molar-refractivity contribution is 6.30. The third-order valence-electron chi connectivity index (χ3n) is 7.42. The zero-order chi connectivity index (χ0) is 22.9. The number of furan rings is 1. The van der Waals surface area contributed by atoms with Gasteiger partial charge in [0.2, 0.25) is 0 Å². The lowest BCUT2D eigenvalue weighted by Crippen LogP contribution is -1.85. The highest BCUT2D eigenvalue weighted by atomic mass is 16.3. The van der Waals surface area contributed by atoms with Gasteiger partial charge in [0.05, 0.1) is 0 Å². The first-order valence-electron chi connectivity index (χ1n) is 12.0. The Hall–Kier alpha value is -4.62. The van der Waals surface area contributed by atoms with Crippen molar-refractivity contribution >= 4 is 65.0 Å². The molecule has 0 N–H and O–H groups in total. The second-order valence-corrected chi connectivity index (χ2v) is 9.33. The summed E-state index contributed by atoms with van der Waals surface area (Å²) in [5.74, 6) is 0. The average molecular weight is 445 g/mol. The van der Waals surface area contributed by atoms with E-state index in [1.165, 1.54) is 65.0 Å². The third kappa shape index (κ3) is 2.64. The van der Waals surface area contributed by atoms with E-state index in [1.54, 1.807) is 0 Å². The zero-order valence-electron chi connectivity index (χ0n) is 19.0. The Kier molecular flexibility index (Phi) is 3.72. The molecule has 1 heteroatoms. The topological polar surface area (TPSA) is 13.1 Å². The van der Waals surface area contributed by atoms with Crippen molar-refractivity contribution in [3.63, 3.8) is 0 Å². The smallest absolute Gasteiger partial charge is 0.136 e. The zero-order valence-corrected chi connectivity index (χ0v) is 19.0. The van der Waals surface area contributed by atoms with E-state index in [-0.39, 0.29) is 0 Å². The summed E-state index contributed by atoms with van der Waals surface area (Å²) < 4.78 is 6.41. The standard InChI is InChI=1S/C34H20O/c1-2-8-21(9-3-1)23-14-16-27-28(18-23)25-12-6-7-13-26(25)30-20-33-31(19-29(27)30)34-24-11-5-4-10-22(24)15-17-32(34)35-33/h1-20H. The van der Waals surface area contributed by atoms with Crippen LogP contribution < -0.4 is 0 Å². The van der Waals surface area contributed by atoms with E-state index in [1.807, 2.05) is 0 Å². The van der Waals surface area contributed by atoms with Crippen molar-refractivity contribution in [2.24, 2.45) is 0 Å². The van der Waals surface area contributed by atoms with Crippen LogP contribution in [0.1, 0.15) is 0 Å². The third-order valence-corrected chi connectivity index (χ3v) is 7.42. The first-order chi connectivity index (χ1) is 17.3. The summed E-state index contributed by atoms with van der Waals surface area (Å²) in [4.78, 5) is 0. The molecule has 0 unspecified atom stereocenters. The van der Waals surface area contributed by atoms with E-state index < -0.39 is 0 Å². The molecule has 0 aliphatic carbocycles. The molecule has 1 nitrogen and oxygen atoms in total. The molecule has 1 heterocycles. The minimum Gasteiger partial charge on any atom is -0.456 e. The Balaban J connectivity index is 1.56. The predicted molar refractivity (Wildman–Crippen MR) is 149 cm³/mol. The van der Waals surface area contributed by atoms with Crippen LogP contribution in [0.3, 0.4) is 0 Å². The molecule has 8 rings (SSSR count). The molecule has 0 atom stereocenters. The summed E-state index contributed by atoms with van der Waals surface area (Å²) in [5.41, 5.74) is 4.35. The molecular formula is C34H20O. The average Bonchev–Trinajstić information content (AvgIpc) is 3.30. The molecule has 0 saturated heterocycles. The number of fused-ring (bicyclic) bond motifs is 11. The van der Waals surface area contributed by atoms with Crippen LogP contribution in [-0.2, 0) is 0 Å². The monoisotopic (exact) mass is 444 g/mol. The van der Waals surface area contributed by atoms with Crippen molar-refractivity contribution in [3.05, 3.63) is 121 Å². The molecule has 0 fully saturated rings. The molecule has 8 aromatic rings. The largest absolute Gasteiger partial charge is 0.456 e. The summed E-state index contributed by atoms with van der Waals surface area (Å²) in [7, 11) is 0. The molecule has 162 valence electrons. The summed E-state index contributed by atoms with van der Waals surface area (Å²) in [6.07, 6.45) is 0. The van der Waals surface area contributed by atoms with E-state index >= 15 is 0 Å². The number of hydrogen-bond donors (Lipinski definition) is 0. The van der Waals surface area contributed by atoms with Gasteiger partial charge in [-0.3, -0.25) is 0 Å². The Morgan fingerprint density at radius 3 is 1.83 bits per heavy atom. The molecule has 0 aliphatic heterocycles. The Morgan fingerprint density at radius 2 is 1.00 bits per heavy atom. The maximum atomic E-state index is 6.41. The molecule has 1 aromatic heterocycles. The van der Waals surface area contributed by atoms with Crippen LogP contribution in [0, 0.1) is 0 Å². The lowest BCUT2D eigenvalue weighted by Gasteiger charge is -2.12. The SMILES string of the molecule is c1ccc(-c2ccc3c(c2)c2ccccc2c2cc4oc5ccc6ccccc6c5c4cc32)cc1. The van der Waals surface area contributed by atoms with Gasteiger partial charge in [0, 0.05) is 10.8 Å². The summed E-state index contributed by atoms with van der Waals surface area (Å²) in [6, 6.07) is 43.6. The van der Waals surface area contributed by atoms with Crippen molar-refractivity contribution in [2.45, 2.75) is 0 Å². The van der Waals surface area contributed by atoms with Crippen LogP contribution in [0.15, 0.2) is 126 Å². The van der Waals surface area contributed by atoms with E-state index in [9.17, 15) is 0 Å². The van der Waals surface area contributed by atoms with Crippen LogP contribution in [0.25, 0.3) is 76.2 Å². The van der Waals surface area contributed by atoms with Crippen LogP contribution >= 0.6 is 0 Å². The quantitative estimate of drug-likeness (QED) is 0.230. The fraction of sp³-hybridized carbons (Fsp3) is 0. The van der Waals surface area contributed by atoms with Crippen LogP contribution in [0.2, 0.25) is 0 Å². The fourth-order valence-electron chi connectivity index (χ4n) is 5.80. The van der Waals surface area contributed by atoms with Crippen molar-refractivity contribution in [2.75, 3.05) is 0 Å². The van der Waals surface area contributed by atoms with Gasteiger partial charge in [0.25, 0.3) is 0 Å². The first kappa shape index (κ1) is 18.8. The summed E-state index contributed by atoms with van der Waals surface area (Å²) >= 11 is 0. The molecular weight excluding hydrogens is 424 g/mol. The lowest BCUT2D eigenvalue weighted by molar-refractivity contribution is 0.670. The maximum absolute atomic E-state index is 6.41. The van der Waals surface area contributed by atoms with Crippen LogP contribution in [0.5, 0.6) is 0 Å². The first-order valence-corrected chi connectivity index (χ1v) is 12.0. The van der Waals surface area contributed by atoms with Crippen LogP contribution in [0.4, 0.5) is 0 Å². The van der Waals surface area contributed by atoms with Crippen LogP contribution in [-0.4, -0.2) is 0 Å². The Labute approximate surface area is 201 Å². The molecule has 0 saturated carbocycles.